The summed E-state index contributed by atoms with van der Waals surface area (Å²) in [6.45, 7) is 4.58. The Morgan fingerprint density at radius 3 is 2.37 bits per heavy atom. The summed E-state index contributed by atoms with van der Waals surface area (Å²) in [5, 5.41) is 16.9. The molecule has 1 atom stereocenters. The summed E-state index contributed by atoms with van der Waals surface area (Å²) in [7, 11) is 0. The Labute approximate surface area is 187 Å². The van der Waals surface area contributed by atoms with Crippen molar-refractivity contribution in [2.75, 3.05) is 0 Å². The third-order valence-electron chi connectivity index (χ3n) is 6.08. The highest BCUT2D eigenvalue weighted by molar-refractivity contribution is 6.31. The van der Waals surface area contributed by atoms with Gasteiger partial charge in [-0.15, -0.1) is 11.6 Å². The van der Waals surface area contributed by atoms with Crippen molar-refractivity contribution >= 4 is 23.2 Å². The predicted molar refractivity (Wildman–Crippen MR) is 121 cm³/mol. The fourth-order valence-corrected chi connectivity index (χ4v) is 4.65. The number of benzene rings is 2. The molecule has 1 heterocycles. The smallest absolute Gasteiger partial charge is 0.138 e. The van der Waals surface area contributed by atoms with Gasteiger partial charge in [-0.05, 0) is 36.5 Å². The first-order chi connectivity index (χ1) is 14.2. The molecule has 1 aromatic heterocycles. The first-order valence-electron chi connectivity index (χ1n) is 10.3. The van der Waals surface area contributed by atoms with E-state index in [9.17, 15) is 5.11 Å². The zero-order valence-electron chi connectivity index (χ0n) is 17.4. The van der Waals surface area contributed by atoms with Gasteiger partial charge in [-0.25, -0.2) is 9.67 Å². The summed E-state index contributed by atoms with van der Waals surface area (Å²) in [5.41, 5.74) is 0.690. The summed E-state index contributed by atoms with van der Waals surface area (Å²) in [5.74, 6) is 0.838. The normalized spacial score (nSPS) is 17.5. The fraction of sp³-hybridized carbons (Fsp3) is 0.417. The summed E-state index contributed by atoms with van der Waals surface area (Å²) >= 11 is 13.2. The van der Waals surface area contributed by atoms with Crippen LogP contribution < -0.4 is 0 Å². The molecular weight excluding hydrogens is 417 g/mol. The van der Waals surface area contributed by atoms with Crippen LogP contribution in [0.5, 0.6) is 0 Å². The lowest BCUT2D eigenvalue weighted by Crippen LogP contribution is -2.48. The van der Waals surface area contributed by atoms with Crippen molar-refractivity contribution in [1.29, 1.82) is 0 Å². The van der Waals surface area contributed by atoms with E-state index in [2.05, 4.69) is 36.1 Å². The molecule has 6 heteroatoms. The molecule has 1 fully saturated rings. The van der Waals surface area contributed by atoms with Crippen molar-refractivity contribution in [3.63, 3.8) is 0 Å². The lowest BCUT2D eigenvalue weighted by atomic mass is 9.84. The van der Waals surface area contributed by atoms with Crippen molar-refractivity contribution in [2.45, 2.75) is 62.0 Å². The van der Waals surface area contributed by atoms with E-state index in [1.807, 2.05) is 47.1 Å². The van der Waals surface area contributed by atoms with Crippen molar-refractivity contribution < 1.29 is 5.11 Å². The van der Waals surface area contributed by atoms with Gasteiger partial charge in [0.15, 0.2) is 0 Å². The Morgan fingerprint density at radius 1 is 1.03 bits per heavy atom. The number of aliphatic hydroxyl groups is 1. The minimum Gasteiger partial charge on any atom is -0.386 e. The van der Waals surface area contributed by atoms with Crippen LogP contribution >= 0.6 is 23.2 Å². The van der Waals surface area contributed by atoms with E-state index >= 15 is 0 Å². The zero-order chi connectivity index (χ0) is 21.4. The molecule has 1 aliphatic rings. The average Bonchev–Trinajstić information content (AvgIpc) is 3.29. The molecule has 3 aromatic rings. The fourth-order valence-electron chi connectivity index (χ4n) is 4.22. The van der Waals surface area contributed by atoms with Crippen LogP contribution in [0.4, 0.5) is 0 Å². The summed E-state index contributed by atoms with van der Waals surface area (Å²) < 4.78 is 1.82. The summed E-state index contributed by atoms with van der Waals surface area (Å²) in [6.07, 6.45) is 4.29. The molecule has 1 N–H and O–H groups in total. The van der Waals surface area contributed by atoms with Crippen LogP contribution in [-0.2, 0) is 24.8 Å². The minimum absolute atomic E-state index is 0.258. The maximum absolute atomic E-state index is 11.8. The second-order valence-electron chi connectivity index (χ2n) is 9.05. The lowest BCUT2D eigenvalue weighted by Gasteiger charge is -2.35. The summed E-state index contributed by atoms with van der Waals surface area (Å²) in [6, 6.07) is 17.9. The highest BCUT2D eigenvalue weighted by Crippen LogP contribution is 2.53. The van der Waals surface area contributed by atoms with Gasteiger partial charge < -0.3 is 5.11 Å². The second kappa shape index (κ2) is 7.99. The van der Waals surface area contributed by atoms with Gasteiger partial charge >= 0.3 is 0 Å². The zero-order valence-corrected chi connectivity index (χ0v) is 18.9. The van der Waals surface area contributed by atoms with E-state index in [4.69, 9.17) is 23.2 Å². The molecule has 2 aromatic carbocycles. The number of hydrogen-bond donors (Lipinski definition) is 1. The molecule has 1 saturated carbocycles. The number of halogens is 2. The maximum atomic E-state index is 11.8. The highest BCUT2D eigenvalue weighted by atomic mass is 35.5. The molecule has 0 amide bonds. The van der Waals surface area contributed by atoms with Crippen molar-refractivity contribution in [3.05, 3.63) is 82.9 Å². The molecule has 30 heavy (non-hydrogen) atoms. The SMILES string of the molecule is CC(C)(Cc1ccccc1)c1ncnn1CC(O)(Cc1ccccc1Cl)C1(Cl)CC1. The van der Waals surface area contributed by atoms with Gasteiger partial charge in [0.2, 0.25) is 0 Å². The number of rotatable bonds is 8. The van der Waals surface area contributed by atoms with Gasteiger partial charge in [0.05, 0.1) is 11.4 Å². The van der Waals surface area contributed by atoms with Crippen LogP contribution in [0, 0.1) is 0 Å². The quantitative estimate of drug-likeness (QED) is 0.486. The first kappa shape index (κ1) is 21.4. The van der Waals surface area contributed by atoms with E-state index in [0.29, 0.717) is 11.4 Å². The lowest BCUT2D eigenvalue weighted by molar-refractivity contribution is 0.00608. The minimum atomic E-state index is -1.18. The molecule has 0 radical (unpaired) electrons. The average molecular weight is 444 g/mol. The van der Waals surface area contributed by atoms with Crippen LogP contribution in [0.25, 0.3) is 0 Å². The van der Waals surface area contributed by atoms with E-state index in [1.54, 1.807) is 6.33 Å². The molecule has 0 bridgehead atoms. The Balaban J connectivity index is 1.62. The Kier molecular flexibility index (Phi) is 5.69. The molecule has 4 nitrogen and oxygen atoms in total. The molecule has 158 valence electrons. The number of alkyl halides is 1. The number of nitrogens with zero attached hydrogens (tertiary/aromatic N) is 3. The first-order valence-corrected chi connectivity index (χ1v) is 11.1. The molecule has 0 aliphatic heterocycles. The van der Waals surface area contributed by atoms with Crippen LogP contribution in [-0.4, -0.2) is 30.3 Å². The number of hydrogen-bond acceptors (Lipinski definition) is 3. The van der Waals surface area contributed by atoms with Gasteiger partial charge in [-0.3, -0.25) is 0 Å². The van der Waals surface area contributed by atoms with Gasteiger partial charge in [0, 0.05) is 16.9 Å². The monoisotopic (exact) mass is 443 g/mol. The predicted octanol–water partition coefficient (Wildman–Crippen LogP) is 5.20. The molecule has 0 saturated heterocycles. The Bertz CT molecular complexity index is 1010. The molecule has 4 rings (SSSR count). The van der Waals surface area contributed by atoms with Gasteiger partial charge in [-0.1, -0.05) is 74.0 Å². The standard InChI is InChI=1S/C24H27Cl2N3O/c1-22(2,14-18-8-4-3-5-9-18)21-27-17-28-29(21)16-24(30,23(26)12-13-23)15-19-10-6-7-11-20(19)25/h3-11,17,30H,12-16H2,1-2H3. The Hall–Kier alpha value is -1.88. The van der Waals surface area contributed by atoms with E-state index in [0.717, 1.165) is 30.7 Å². The van der Waals surface area contributed by atoms with Crippen LogP contribution in [0.1, 0.15) is 43.6 Å². The number of aromatic nitrogens is 3. The van der Waals surface area contributed by atoms with Crippen LogP contribution in [0.2, 0.25) is 5.02 Å². The van der Waals surface area contributed by atoms with Crippen LogP contribution in [0.15, 0.2) is 60.9 Å². The van der Waals surface area contributed by atoms with Crippen molar-refractivity contribution in [2.24, 2.45) is 0 Å². The third-order valence-corrected chi connectivity index (χ3v) is 7.18. The molecule has 0 spiro atoms. The van der Waals surface area contributed by atoms with E-state index < -0.39 is 10.5 Å². The van der Waals surface area contributed by atoms with Crippen LogP contribution in [0.3, 0.4) is 0 Å². The van der Waals surface area contributed by atoms with Crippen molar-refractivity contribution in [1.82, 2.24) is 14.8 Å². The molecule has 1 unspecified atom stereocenters. The van der Waals surface area contributed by atoms with E-state index in [-0.39, 0.29) is 12.0 Å². The highest BCUT2D eigenvalue weighted by Gasteiger charge is 2.58. The second-order valence-corrected chi connectivity index (χ2v) is 10.2. The topological polar surface area (TPSA) is 50.9 Å². The van der Waals surface area contributed by atoms with Gasteiger partial charge in [0.25, 0.3) is 0 Å². The summed E-state index contributed by atoms with van der Waals surface area (Å²) in [4.78, 5) is 3.90. The van der Waals surface area contributed by atoms with Gasteiger partial charge in [0.1, 0.15) is 17.8 Å². The van der Waals surface area contributed by atoms with E-state index in [1.165, 1.54) is 5.56 Å². The largest absolute Gasteiger partial charge is 0.386 e. The molecular formula is C24H27Cl2N3O. The third kappa shape index (κ3) is 4.27. The van der Waals surface area contributed by atoms with Gasteiger partial charge in [-0.2, -0.15) is 5.10 Å². The Morgan fingerprint density at radius 2 is 1.70 bits per heavy atom. The molecule has 1 aliphatic carbocycles. The van der Waals surface area contributed by atoms with Crippen molar-refractivity contribution in [3.8, 4) is 0 Å². The maximum Gasteiger partial charge on any atom is 0.138 e.